The largest absolute Gasteiger partial charge is 0.481 e. The molecule has 9 heteroatoms. The Balaban J connectivity index is 1.64. The molecular formula is C27H28Cl2F2N2O3. The number of benzene rings is 2. The summed E-state index contributed by atoms with van der Waals surface area (Å²) in [5, 5.41) is 10.4. The molecule has 0 aliphatic carbocycles. The van der Waals surface area contributed by atoms with Gasteiger partial charge in [0.05, 0.1) is 22.6 Å². The molecule has 36 heavy (non-hydrogen) atoms. The number of carboxylic acids is 1. The van der Waals surface area contributed by atoms with E-state index in [1.54, 1.807) is 24.0 Å². The lowest BCUT2D eigenvalue weighted by Crippen LogP contribution is -2.39. The molecule has 3 aromatic rings. The minimum atomic E-state index is -2.95. The number of aliphatic carboxylic acids is 1. The van der Waals surface area contributed by atoms with Gasteiger partial charge in [0.2, 0.25) is 0 Å². The summed E-state index contributed by atoms with van der Waals surface area (Å²) in [6.45, 7) is 5.76. The van der Waals surface area contributed by atoms with E-state index < -0.39 is 11.9 Å². The maximum absolute atomic E-state index is 14.0. The van der Waals surface area contributed by atoms with Crippen LogP contribution in [0.15, 0.2) is 30.5 Å². The monoisotopic (exact) mass is 536 g/mol. The molecule has 1 saturated heterocycles. The molecule has 192 valence electrons. The Bertz CT molecular complexity index is 1340. The first-order valence-electron chi connectivity index (χ1n) is 11.8. The number of aromatic nitrogens is 1. The number of carbonyl (C=O) groups is 2. The number of piperidine rings is 1. The average Bonchev–Trinajstić information content (AvgIpc) is 3.11. The van der Waals surface area contributed by atoms with Crippen molar-refractivity contribution < 1.29 is 23.5 Å². The summed E-state index contributed by atoms with van der Waals surface area (Å²) in [6, 6.07) is 6.27. The van der Waals surface area contributed by atoms with Crippen LogP contribution in [0.4, 0.5) is 8.78 Å². The summed E-state index contributed by atoms with van der Waals surface area (Å²) in [7, 11) is 0. The summed E-state index contributed by atoms with van der Waals surface area (Å²) in [5.74, 6) is -3.93. The van der Waals surface area contributed by atoms with Crippen LogP contribution in [0.5, 0.6) is 0 Å². The fourth-order valence-electron chi connectivity index (χ4n) is 5.04. The predicted octanol–water partition coefficient (Wildman–Crippen LogP) is 7.05. The molecule has 2 aromatic carbocycles. The van der Waals surface area contributed by atoms with E-state index in [9.17, 15) is 18.4 Å². The van der Waals surface area contributed by atoms with Crippen LogP contribution < -0.4 is 0 Å². The van der Waals surface area contributed by atoms with Gasteiger partial charge in [0.15, 0.2) is 0 Å². The number of fused-ring (bicyclic) bond motifs is 1. The number of hydrogen-bond acceptors (Lipinski definition) is 2. The third-order valence-electron chi connectivity index (χ3n) is 6.98. The molecule has 0 saturated carbocycles. The van der Waals surface area contributed by atoms with Gasteiger partial charge < -0.3 is 14.6 Å². The van der Waals surface area contributed by atoms with E-state index in [2.05, 4.69) is 0 Å². The van der Waals surface area contributed by atoms with Crippen LogP contribution in [0.2, 0.25) is 10.0 Å². The first-order valence-corrected chi connectivity index (χ1v) is 12.6. The lowest BCUT2D eigenvalue weighted by Gasteiger charge is -2.31. The Kier molecular flexibility index (Phi) is 7.35. The fourth-order valence-corrected chi connectivity index (χ4v) is 5.61. The van der Waals surface area contributed by atoms with Gasteiger partial charge in [-0.1, -0.05) is 23.2 Å². The number of likely N-dealkylation sites (tertiary alicyclic amines) is 1. The molecule has 4 rings (SSSR count). The standard InChI is InChI=1S/C27H28Cl2F2N2O3/c1-15-10-18(27(3,30)31)12-20-16(2)13-33(25(15)20)14-21-22(28)5-4-19(24(21)29)26(36)32-8-6-17(7-9-32)11-23(34)35/h4-5,10,12-13,17H,6-9,11,14H2,1-3H3,(H,34,35). The van der Waals surface area contributed by atoms with E-state index in [-0.39, 0.29) is 35.4 Å². The summed E-state index contributed by atoms with van der Waals surface area (Å²) in [4.78, 5) is 26.0. The highest BCUT2D eigenvalue weighted by atomic mass is 35.5. The maximum atomic E-state index is 14.0. The number of carbonyl (C=O) groups excluding carboxylic acids is 1. The van der Waals surface area contributed by atoms with Crippen molar-refractivity contribution in [3.63, 3.8) is 0 Å². The van der Waals surface area contributed by atoms with Gasteiger partial charge in [0.1, 0.15) is 0 Å². The van der Waals surface area contributed by atoms with Crippen LogP contribution in [0.25, 0.3) is 10.9 Å². The van der Waals surface area contributed by atoms with Crippen LogP contribution in [0.1, 0.15) is 58.8 Å². The highest BCUT2D eigenvalue weighted by Crippen LogP contribution is 2.36. The molecule has 1 N–H and O–H groups in total. The normalized spacial score (nSPS) is 15.0. The number of alkyl halides is 2. The van der Waals surface area contributed by atoms with Crippen molar-refractivity contribution in [3.05, 3.63) is 68.3 Å². The zero-order valence-corrected chi connectivity index (χ0v) is 21.9. The lowest BCUT2D eigenvalue weighted by molar-refractivity contribution is -0.138. The van der Waals surface area contributed by atoms with Gasteiger partial charge >= 0.3 is 5.97 Å². The SMILES string of the molecule is Cc1cn(Cc2c(Cl)ccc(C(=O)N3CCC(CC(=O)O)CC3)c2Cl)c2c(C)cc(C(C)(F)F)cc12. The van der Waals surface area contributed by atoms with Crippen LogP contribution in [-0.2, 0) is 17.3 Å². The summed E-state index contributed by atoms with van der Waals surface area (Å²) >= 11 is 13.3. The molecule has 1 amide bonds. The number of hydrogen-bond donors (Lipinski definition) is 1. The first-order chi connectivity index (χ1) is 16.9. The number of carboxylic acid groups (broad SMARTS) is 1. The number of aryl methyl sites for hydroxylation is 2. The molecule has 1 aromatic heterocycles. The minimum Gasteiger partial charge on any atom is -0.481 e. The van der Waals surface area contributed by atoms with E-state index in [4.69, 9.17) is 28.3 Å². The Morgan fingerprint density at radius 2 is 1.78 bits per heavy atom. The Morgan fingerprint density at radius 1 is 1.11 bits per heavy atom. The smallest absolute Gasteiger partial charge is 0.303 e. The molecule has 0 bridgehead atoms. The van der Waals surface area contributed by atoms with Crippen molar-refractivity contribution in [1.82, 2.24) is 9.47 Å². The second-order valence-corrected chi connectivity index (χ2v) is 10.5. The molecule has 1 aliphatic heterocycles. The van der Waals surface area contributed by atoms with Crippen molar-refractivity contribution in [3.8, 4) is 0 Å². The lowest BCUT2D eigenvalue weighted by atomic mass is 9.93. The van der Waals surface area contributed by atoms with Gasteiger partial charge in [-0.25, -0.2) is 8.78 Å². The van der Waals surface area contributed by atoms with Gasteiger partial charge in [-0.15, -0.1) is 0 Å². The summed E-state index contributed by atoms with van der Waals surface area (Å²) < 4.78 is 29.9. The summed E-state index contributed by atoms with van der Waals surface area (Å²) in [5.41, 5.74) is 3.24. The highest BCUT2D eigenvalue weighted by Gasteiger charge is 2.28. The summed E-state index contributed by atoms with van der Waals surface area (Å²) in [6.07, 6.45) is 3.24. The van der Waals surface area contributed by atoms with Crippen molar-refractivity contribution in [2.75, 3.05) is 13.1 Å². The van der Waals surface area contributed by atoms with E-state index in [0.717, 1.165) is 23.4 Å². The first kappa shape index (κ1) is 26.4. The predicted molar refractivity (Wildman–Crippen MR) is 137 cm³/mol. The molecule has 1 fully saturated rings. The van der Waals surface area contributed by atoms with E-state index >= 15 is 0 Å². The van der Waals surface area contributed by atoms with Crippen molar-refractivity contribution >= 4 is 46.0 Å². The zero-order valence-electron chi connectivity index (χ0n) is 20.4. The highest BCUT2D eigenvalue weighted by molar-refractivity contribution is 6.38. The van der Waals surface area contributed by atoms with Crippen molar-refractivity contribution in [2.45, 2.75) is 52.5 Å². The molecule has 5 nitrogen and oxygen atoms in total. The molecule has 2 heterocycles. The number of nitrogens with zero attached hydrogens (tertiary/aromatic N) is 2. The molecule has 0 atom stereocenters. The molecule has 0 radical (unpaired) electrons. The van der Waals surface area contributed by atoms with Gasteiger partial charge in [0, 0.05) is 54.2 Å². The third-order valence-corrected chi connectivity index (χ3v) is 7.76. The van der Waals surface area contributed by atoms with Crippen molar-refractivity contribution in [1.29, 1.82) is 0 Å². The third kappa shape index (κ3) is 5.23. The topological polar surface area (TPSA) is 62.5 Å². The molecule has 1 aliphatic rings. The Labute approximate surface area is 218 Å². The van der Waals surface area contributed by atoms with Crippen LogP contribution in [-0.4, -0.2) is 39.5 Å². The second-order valence-electron chi connectivity index (χ2n) is 9.74. The van der Waals surface area contributed by atoms with Gasteiger partial charge in [-0.3, -0.25) is 9.59 Å². The second kappa shape index (κ2) is 10.0. The van der Waals surface area contributed by atoms with Crippen LogP contribution in [0.3, 0.4) is 0 Å². The Morgan fingerprint density at radius 3 is 2.39 bits per heavy atom. The number of amides is 1. The van der Waals surface area contributed by atoms with Gasteiger partial charge in [-0.05, 0) is 68.0 Å². The van der Waals surface area contributed by atoms with E-state index in [1.807, 2.05) is 17.7 Å². The molecule has 0 unspecified atom stereocenters. The number of rotatable bonds is 6. The molecular weight excluding hydrogens is 509 g/mol. The van der Waals surface area contributed by atoms with Crippen LogP contribution >= 0.6 is 23.2 Å². The van der Waals surface area contributed by atoms with Crippen LogP contribution in [0, 0.1) is 19.8 Å². The quantitative estimate of drug-likeness (QED) is 0.367. The minimum absolute atomic E-state index is 0.0378. The van der Waals surface area contributed by atoms with Gasteiger partial charge in [0.25, 0.3) is 11.8 Å². The fraction of sp³-hybridized carbons (Fsp3) is 0.407. The number of halogens is 4. The Hall–Kier alpha value is -2.64. The zero-order chi connectivity index (χ0) is 26.4. The van der Waals surface area contributed by atoms with E-state index in [1.165, 1.54) is 12.1 Å². The van der Waals surface area contributed by atoms with Gasteiger partial charge in [-0.2, -0.15) is 0 Å². The maximum Gasteiger partial charge on any atom is 0.303 e. The van der Waals surface area contributed by atoms with E-state index in [0.29, 0.717) is 47.6 Å². The van der Waals surface area contributed by atoms with Crippen molar-refractivity contribution in [2.24, 2.45) is 5.92 Å². The average molecular weight is 537 g/mol. The molecule has 0 spiro atoms.